The van der Waals surface area contributed by atoms with Crippen molar-refractivity contribution in [1.29, 1.82) is 0 Å². The number of hydrogen-bond donors (Lipinski definition) is 2. The molecule has 30 heavy (non-hydrogen) atoms. The third-order valence-corrected chi connectivity index (χ3v) is 6.19. The Morgan fingerprint density at radius 2 is 1.90 bits per heavy atom. The van der Waals surface area contributed by atoms with Gasteiger partial charge < -0.3 is 10.1 Å². The normalized spacial score (nSPS) is 11.6. The molecule has 0 spiro atoms. The molecule has 0 saturated carbocycles. The van der Waals surface area contributed by atoms with Crippen LogP contribution in [0, 0.1) is 0 Å². The zero-order chi connectivity index (χ0) is 21.7. The minimum atomic E-state index is -3.56. The molecule has 9 nitrogen and oxygen atoms in total. The molecule has 1 amide bonds. The summed E-state index contributed by atoms with van der Waals surface area (Å²) in [7, 11) is -0.669. The standard InChI is InChI=1S/C20H22N4O5S/c1-24(2)30(27,28)15-7-5-6-14(12-15)13-29-18(25)10-11-21-20(26)19-16-8-3-4-9-17(16)22-23-19/h3-9,12H,10-11,13H2,1-2H3,(H,21,26)(H,22,23). The number of benzene rings is 2. The van der Waals surface area contributed by atoms with Crippen LogP contribution in [-0.2, 0) is 26.2 Å². The van der Waals surface area contributed by atoms with Gasteiger partial charge in [-0.2, -0.15) is 5.10 Å². The van der Waals surface area contributed by atoms with E-state index >= 15 is 0 Å². The van der Waals surface area contributed by atoms with Crippen molar-refractivity contribution >= 4 is 32.8 Å². The zero-order valence-corrected chi connectivity index (χ0v) is 17.4. The Morgan fingerprint density at radius 3 is 2.67 bits per heavy atom. The van der Waals surface area contributed by atoms with Gasteiger partial charge in [-0.1, -0.05) is 30.3 Å². The second kappa shape index (κ2) is 9.06. The minimum Gasteiger partial charge on any atom is -0.461 e. The molecule has 10 heteroatoms. The summed E-state index contributed by atoms with van der Waals surface area (Å²) in [4.78, 5) is 24.4. The fraction of sp³-hybridized carbons (Fsp3) is 0.250. The fourth-order valence-electron chi connectivity index (χ4n) is 2.74. The highest BCUT2D eigenvalue weighted by Crippen LogP contribution is 2.16. The first kappa shape index (κ1) is 21.5. The maximum atomic E-state index is 12.3. The number of aromatic nitrogens is 2. The summed E-state index contributed by atoms with van der Waals surface area (Å²) in [6.45, 7) is 0.0292. The molecule has 1 aromatic heterocycles. The Hall–Kier alpha value is -3.24. The van der Waals surface area contributed by atoms with Gasteiger partial charge in [0.1, 0.15) is 6.61 Å². The lowest BCUT2D eigenvalue weighted by Crippen LogP contribution is -2.27. The van der Waals surface area contributed by atoms with Crippen LogP contribution in [0.4, 0.5) is 0 Å². The van der Waals surface area contributed by atoms with E-state index in [4.69, 9.17) is 4.74 Å². The first-order valence-corrected chi connectivity index (χ1v) is 10.6. The van der Waals surface area contributed by atoms with E-state index in [-0.39, 0.29) is 36.1 Å². The van der Waals surface area contributed by atoms with Crippen molar-refractivity contribution < 1.29 is 22.7 Å². The molecule has 0 atom stereocenters. The Kier molecular flexibility index (Phi) is 6.48. The number of para-hydroxylation sites is 1. The number of rotatable bonds is 8. The summed E-state index contributed by atoms with van der Waals surface area (Å²) < 4.78 is 30.6. The Labute approximate surface area is 174 Å². The Bertz CT molecular complexity index is 1170. The van der Waals surface area contributed by atoms with Crippen LogP contribution in [0.3, 0.4) is 0 Å². The first-order chi connectivity index (χ1) is 14.3. The molecule has 0 aliphatic heterocycles. The van der Waals surface area contributed by atoms with Crippen LogP contribution in [-0.4, -0.2) is 55.4 Å². The average molecular weight is 430 g/mol. The SMILES string of the molecule is CN(C)S(=O)(=O)c1cccc(COC(=O)CCNC(=O)c2n[nH]c3ccccc23)c1. The summed E-state index contributed by atoms with van der Waals surface area (Å²) in [5, 5.41) is 10.1. The van der Waals surface area contributed by atoms with E-state index in [9.17, 15) is 18.0 Å². The molecule has 2 aromatic carbocycles. The molecule has 0 aliphatic carbocycles. The minimum absolute atomic E-state index is 0.0240. The molecule has 0 saturated heterocycles. The van der Waals surface area contributed by atoms with Crippen LogP contribution < -0.4 is 5.32 Å². The molecular formula is C20H22N4O5S. The monoisotopic (exact) mass is 430 g/mol. The van der Waals surface area contributed by atoms with Crippen LogP contribution in [0.5, 0.6) is 0 Å². The second-order valence-corrected chi connectivity index (χ2v) is 8.87. The highest BCUT2D eigenvalue weighted by molar-refractivity contribution is 7.89. The van der Waals surface area contributed by atoms with Crippen LogP contribution in [0.25, 0.3) is 10.9 Å². The van der Waals surface area contributed by atoms with E-state index in [1.54, 1.807) is 18.2 Å². The molecule has 158 valence electrons. The molecule has 2 N–H and O–H groups in total. The van der Waals surface area contributed by atoms with E-state index in [0.29, 0.717) is 10.9 Å². The van der Waals surface area contributed by atoms with Crippen molar-refractivity contribution in [1.82, 2.24) is 19.8 Å². The number of sulfonamides is 1. The highest BCUT2D eigenvalue weighted by atomic mass is 32.2. The fourth-order valence-corrected chi connectivity index (χ4v) is 3.71. The van der Waals surface area contributed by atoms with Gasteiger partial charge in [0.25, 0.3) is 5.91 Å². The van der Waals surface area contributed by atoms with Crippen molar-refractivity contribution in [3.8, 4) is 0 Å². The number of aromatic amines is 1. The molecular weight excluding hydrogens is 408 g/mol. The van der Waals surface area contributed by atoms with Crippen LogP contribution >= 0.6 is 0 Å². The smallest absolute Gasteiger partial charge is 0.307 e. The maximum absolute atomic E-state index is 12.3. The first-order valence-electron chi connectivity index (χ1n) is 9.17. The molecule has 0 radical (unpaired) electrons. The Balaban J connectivity index is 1.49. The molecule has 0 unspecified atom stereocenters. The van der Waals surface area contributed by atoms with Crippen molar-refractivity contribution in [2.45, 2.75) is 17.9 Å². The summed E-state index contributed by atoms with van der Waals surface area (Å²) in [5.74, 6) is -0.898. The topological polar surface area (TPSA) is 121 Å². The lowest BCUT2D eigenvalue weighted by molar-refractivity contribution is -0.144. The van der Waals surface area contributed by atoms with Gasteiger partial charge in [-0.25, -0.2) is 12.7 Å². The molecule has 1 heterocycles. The number of H-pyrrole nitrogens is 1. The van der Waals surface area contributed by atoms with Gasteiger partial charge in [0.15, 0.2) is 5.69 Å². The lowest BCUT2D eigenvalue weighted by atomic mass is 10.2. The summed E-state index contributed by atoms with van der Waals surface area (Å²) >= 11 is 0. The zero-order valence-electron chi connectivity index (χ0n) is 16.6. The molecule has 0 fully saturated rings. The van der Waals surface area contributed by atoms with Gasteiger partial charge in [0.2, 0.25) is 10.0 Å². The van der Waals surface area contributed by atoms with Crippen molar-refractivity contribution in [2.75, 3.05) is 20.6 Å². The Morgan fingerprint density at radius 1 is 1.13 bits per heavy atom. The van der Waals surface area contributed by atoms with E-state index in [1.807, 2.05) is 18.2 Å². The second-order valence-electron chi connectivity index (χ2n) is 6.72. The average Bonchev–Trinajstić information content (AvgIpc) is 3.16. The number of ether oxygens (including phenoxy) is 1. The van der Waals surface area contributed by atoms with Crippen LogP contribution in [0.15, 0.2) is 53.4 Å². The van der Waals surface area contributed by atoms with Crippen LogP contribution in [0.2, 0.25) is 0 Å². The quantitative estimate of drug-likeness (QED) is 0.525. The number of amides is 1. The highest BCUT2D eigenvalue weighted by Gasteiger charge is 2.18. The van der Waals surface area contributed by atoms with Gasteiger partial charge >= 0.3 is 5.97 Å². The maximum Gasteiger partial charge on any atom is 0.307 e. The van der Waals surface area contributed by atoms with Crippen LogP contribution in [0.1, 0.15) is 22.5 Å². The van der Waals surface area contributed by atoms with Crippen molar-refractivity contribution in [2.24, 2.45) is 0 Å². The summed E-state index contributed by atoms with van der Waals surface area (Å²) in [6.07, 6.45) is -0.0240. The number of carbonyl (C=O) groups excluding carboxylic acids is 2. The number of hydrogen-bond acceptors (Lipinski definition) is 6. The van der Waals surface area contributed by atoms with Gasteiger partial charge in [-0.15, -0.1) is 0 Å². The predicted molar refractivity (Wildman–Crippen MR) is 110 cm³/mol. The number of nitrogens with zero attached hydrogens (tertiary/aromatic N) is 2. The number of fused-ring (bicyclic) bond motifs is 1. The van der Waals surface area contributed by atoms with Gasteiger partial charge in [0, 0.05) is 26.0 Å². The van der Waals surface area contributed by atoms with Gasteiger partial charge in [-0.05, 0) is 23.8 Å². The van der Waals surface area contributed by atoms with Crippen molar-refractivity contribution in [3.63, 3.8) is 0 Å². The number of esters is 1. The third kappa shape index (κ3) is 4.84. The van der Waals surface area contributed by atoms with E-state index in [2.05, 4.69) is 15.5 Å². The van der Waals surface area contributed by atoms with E-state index < -0.39 is 16.0 Å². The predicted octanol–water partition coefficient (Wildman–Crippen LogP) is 1.68. The van der Waals surface area contributed by atoms with E-state index in [0.717, 1.165) is 9.82 Å². The molecule has 3 aromatic rings. The molecule has 3 rings (SSSR count). The number of nitrogens with one attached hydrogen (secondary N) is 2. The largest absolute Gasteiger partial charge is 0.461 e. The number of carbonyl (C=O) groups is 2. The van der Waals surface area contributed by atoms with E-state index in [1.165, 1.54) is 26.2 Å². The summed E-state index contributed by atoms with van der Waals surface area (Å²) in [5.41, 5.74) is 1.57. The van der Waals surface area contributed by atoms with Gasteiger partial charge in [0.05, 0.1) is 16.8 Å². The molecule has 0 aliphatic rings. The lowest BCUT2D eigenvalue weighted by Gasteiger charge is -2.12. The molecule has 0 bridgehead atoms. The third-order valence-electron chi connectivity index (χ3n) is 4.38. The van der Waals surface area contributed by atoms with Gasteiger partial charge in [-0.3, -0.25) is 14.7 Å². The van der Waals surface area contributed by atoms with Crippen molar-refractivity contribution in [3.05, 3.63) is 59.8 Å². The summed E-state index contributed by atoms with van der Waals surface area (Å²) in [6, 6.07) is 13.5.